The highest BCUT2D eigenvalue weighted by Gasteiger charge is 2.17. The zero-order valence-electron chi connectivity index (χ0n) is 14.1. The molecule has 0 saturated heterocycles. The second-order valence-electron chi connectivity index (χ2n) is 5.91. The first-order chi connectivity index (χ1) is 11.4. The minimum Gasteiger partial charge on any atom is -0.350 e. The number of halogens is 2. The van der Waals surface area contributed by atoms with Gasteiger partial charge in [0.1, 0.15) is 11.6 Å². The predicted octanol–water partition coefficient (Wildman–Crippen LogP) is 3.56. The topological polar surface area (TPSA) is 32.3 Å². The highest BCUT2D eigenvalue weighted by Crippen LogP contribution is 2.19. The predicted molar refractivity (Wildman–Crippen MR) is 90.9 cm³/mol. The summed E-state index contributed by atoms with van der Waals surface area (Å²) in [5, 5.41) is 2.72. The van der Waals surface area contributed by atoms with E-state index in [-0.39, 0.29) is 11.6 Å². The summed E-state index contributed by atoms with van der Waals surface area (Å²) >= 11 is 0. The number of amides is 1. The van der Waals surface area contributed by atoms with Gasteiger partial charge in [-0.2, -0.15) is 0 Å². The standard InChI is InChI=1S/C19H22F2N2O/c1-4-13-5-7-14(8-6-13)18(23(2)3)12-22-19(24)16-10-9-15(20)11-17(16)21/h5-11,18H,4,12H2,1-3H3,(H,22,24). The summed E-state index contributed by atoms with van der Waals surface area (Å²) < 4.78 is 26.6. The van der Waals surface area contributed by atoms with Crippen LogP contribution in [0.25, 0.3) is 0 Å². The molecule has 2 aromatic rings. The Bertz CT molecular complexity index is 699. The molecule has 2 aromatic carbocycles. The number of aryl methyl sites for hydroxylation is 1. The number of likely N-dealkylation sites (N-methyl/N-ethyl adjacent to an activating group) is 1. The molecule has 5 heteroatoms. The molecule has 0 aliphatic heterocycles. The Labute approximate surface area is 141 Å². The van der Waals surface area contributed by atoms with Gasteiger partial charge in [-0.25, -0.2) is 8.78 Å². The SMILES string of the molecule is CCc1ccc(C(CNC(=O)c2ccc(F)cc2F)N(C)C)cc1. The number of nitrogens with one attached hydrogen (secondary N) is 1. The van der Waals surface area contributed by atoms with E-state index in [1.165, 1.54) is 5.56 Å². The fraction of sp³-hybridized carbons (Fsp3) is 0.316. The van der Waals surface area contributed by atoms with Crippen LogP contribution in [-0.4, -0.2) is 31.4 Å². The van der Waals surface area contributed by atoms with Crippen molar-refractivity contribution in [1.29, 1.82) is 0 Å². The molecule has 1 N–H and O–H groups in total. The number of hydrogen-bond donors (Lipinski definition) is 1. The quantitative estimate of drug-likeness (QED) is 0.877. The van der Waals surface area contributed by atoms with Gasteiger partial charge in [0, 0.05) is 12.6 Å². The molecule has 0 fully saturated rings. The van der Waals surface area contributed by atoms with E-state index in [9.17, 15) is 13.6 Å². The average molecular weight is 332 g/mol. The molecule has 0 bridgehead atoms. The molecule has 1 atom stereocenters. The zero-order chi connectivity index (χ0) is 17.7. The third-order valence-electron chi connectivity index (χ3n) is 4.03. The molecule has 0 spiro atoms. The molecule has 2 rings (SSSR count). The van der Waals surface area contributed by atoms with Crippen LogP contribution in [0.5, 0.6) is 0 Å². The highest BCUT2D eigenvalue weighted by molar-refractivity contribution is 5.94. The third-order valence-corrected chi connectivity index (χ3v) is 4.03. The van der Waals surface area contributed by atoms with Crippen LogP contribution in [0.2, 0.25) is 0 Å². The molecule has 0 aromatic heterocycles. The van der Waals surface area contributed by atoms with E-state index in [1.54, 1.807) is 0 Å². The second-order valence-corrected chi connectivity index (χ2v) is 5.91. The van der Waals surface area contributed by atoms with Crippen LogP contribution in [0.1, 0.15) is 34.5 Å². The Morgan fingerprint density at radius 3 is 2.33 bits per heavy atom. The lowest BCUT2D eigenvalue weighted by atomic mass is 10.0. The molecular weight excluding hydrogens is 310 g/mol. The molecule has 24 heavy (non-hydrogen) atoms. The van der Waals surface area contributed by atoms with Gasteiger partial charge in [-0.3, -0.25) is 4.79 Å². The maximum absolute atomic E-state index is 13.7. The third kappa shape index (κ3) is 4.38. The number of rotatable bonds is 6. The number of carbonyl (C=O) groups excluding carboxylic acids is 1. The van der Waals surface area contributed by atoms with Crippen LogP contribution in [0, 0.1) is 11.6 Å². The Hall–Kier alpha value is -2.27. The number of nitrogens with zero attached hydrogens (tertiary/aromatic N) is 1. The summed E-state index contributed by atoms with van der Waals surface area (Å²) in [6.07, 6.45) is 0.966. The molecule has 0 aliphatic carbocycles. The first kappa shape index (κ1) is 18.1. The monoisotopic (exact) mass is 332 g/mol. The van der Waals surface area contributed by atoms with E-state index in [0.29, 0.717) is 12.6 Å². The van der Waals surface area contributed by atoms with E-state index in [1.807, 2.05) is 31.1 Å². The van der Waals surface area contributed by atoms with Crippen LogP contribution in [0.4, 0.5) is 8.78 Å². The van der Waals surface area contributed by atoms with Gasteiger partial charge in [-0.15, -0.1) is 0 Å². The molecular formula is C19H22F2N2O. The summed E-state index contributed by atoms with van der Waals surface area (Å²) in [5.41, 5.74) is 2.15. The van der Waals surface area contributed by atoms with E-state index in [0.717, 1.165) is 24.1 Å². The maximum Gasteiger partial charge on any atom is 0.254 e. The Balaban J connectivity index is 2.09. The van der Waals surface area contributed by atoms with Crippen molar-refractivity contribution >= 4 is 5.91 Å². The molecule has 0 saturated carbocycles. The molecule has 1 unspecified atom stereocenters. The minimum absolute atomic E-state index is 0.0386. The summed E-state index contributed by atoms with van der Waals surface area (Å²) in [4.78, 5) is 14.1. The van der Waals surface area contributed by atoms with Crippen molar-refractivity contribution in [3.8, 4) is 0 Å². The van der Waals surface area contributed by atoms with Gasteiger partial charge in [0.25, 0.3) is 5.91 Å². The van der Waals surface area contributed by atoms with Crippen molar-refractivity contribution in [3.63, 3.8) is 0 Å². The minimum atomic E-state index is -0.860. The first-order valence-electron chi connectivity index (χ1n) is 7.91. The molecule has 0 heterocycles. The maximum atomic E-state index is 13.7. The van der Waals surface area contributed by atoms with Gasteiger partial charge in [-0.05, 0) is 43.8 Å². The zero-order valence-corrected chi connectivity index (χ0v) is 14.1. The largest absolute Gasteiger partial charge is 0.350 e. The second kappa shape index (κ2) is 8.02. The van der Waals surface area contributed by atoms with Crippen LogP contribution >= 0.6 is 0 Å². The van der Waals surface area contributed by atoms with Crippen molar-refractivity contribution in [2.75, 3.05) is 20.6 Å². The van der Waals surface area contributed by atoms with Crippen molar-refractivity contribution in [2.24, 2.45) is 0 Å². The summed E-state index contributed by atoms with van der Waals surface area (Å²) in [5.74, 6) is -2.11. The Morgan fingerprint density at radius 1 is 1.12 bits per heavy atom. The summed E-state index contributed by atoms with van der Waals surface area (Å²) in [7, 11) is 3.84. The van der Waals surface area contributed by atoms with Crippen molar-refractivity contribution in [2.45, 2.75) is 19.4 Å². The van der Waals surface area contributed by atoms with Gasteiger partial charge in [0.15, 0.2) is 0 Å². The van der Waals surface area contributed by atoms with Crippen molar-refractivity contribution in [3.05, 3.63) is 70.8 Å². The average Bonchev–Trinajstić information content (AvgIpc) is 2.55. The summed E-state index contributed by atoms with van der Waals surface area (Å²) in [6, 6.07) is 11.1. The lowest BCUT2D eigenvalue weighted by molar-refractivity contribution is 0.0938. The van der Waals surface area contributed by atoms with Crippen LogP contribution in [-0.2, 0) is 6.42 Å². The van der Waals surface area contributed by atoms with E-state index < -0.39 is 17.5 Å². The number of benzene rings is 2. The van der Waals surface area contributed by atoms with Crippen LogP contribution in [0.15, 0.2) is 42.5 Å². The van der Waals surface area contributed by atoms with Gasteiger partial charge in [0.2, 0.25) is 0 Å². The van der Waals surface area contributed by atoms with Crippen molar-refractivity contribution in [1.82, 2.24) is 10.2 Å². The van der Waals surface area contributed by atoms with Gasteiger partial charge in [0.05, 0.1) is 11.6 Å². The first-order valence-corrected chi connectivity index (χ1v) is 7.91. The highest BCUT2D eigenvalue weighted by atomic mass is 19.1. The molecule has 0 aliphatic rings. The molecule has 1 amide bonds. The summed E-state index contributed by atoms with van der Waals surface area (Å²) in [6.45, 7) is 2.42. The number of hydrogen-bond acceptors (Lipinski definition) is 2. The van der Waals surface area contributed by atoms with E-state index in [2.05, 4.69) is 24.4 Å². The Kier molecular flexibility index (Phi) is 6.04. The normalized spacial score (nSPS) is 12.2. The lowest BCUT2D eigenvalue weighted by Gasteiger charge is -2.25. The van der Waals surface area contributed by atoms with E-state index >= 15 is 0 Å². The van der Waals surface area contributed by atoms with Crippen molar-refractivity contribution < 1.29 is 13.6 Å². The molecule has 0 radical (unpaired) electrons. The lowest BCUT2D eigenvalue weighted by Crippen LogP contribution is -2.34. The van der Waals surface area contributed by atoms with Gasteiger partial charge in [-0.1, -0.05) is 31.2 Å². The molecule has 128 valence electrons. The van der Waals surface area contributed by atoms with Gasteiger partial charge < -0.3 is 10.2 Å². The fourth-order valence-corrected chi connectivity index (χ4v) is 2.53. The fourth-order valence-electron chi connectivity index (χ4n) is 2.53. The smallest absolute Gasteiger partial charge is 0.254 e. The van der Waals surface area contributed by atoms with E-state index in [4.69, 9.17) is 0 Å². The van der Waals surface area contributed by atoms with Crippen LogP contribution < -0.4 is 5.32 Å². The number of carbonyl (C=O) groups is 1. The van der Waals surface area contributed by atoms with Gasteiger partial charge >= 0.3 is 0 Å². The Morgan fingerprint density at radius 2 is 1.79 bits per heavy atom. The molecule has 3 nitrogen and oxygen atoms in total. The van der Waals surface area contributed by atoms with Crippen LogP contribution in [0.3, 0.4) is 0 Å².